The second-order valence-corrected chi connectivity index (χ2v) is 9.04. The zero-order chi connectivity index (χ0) is 28.2. The molecule has 0 radical (unpaired) electrons. The molecule has 5 rings (SSSR count). The highest BCUT2D eigenvalue weighted by Crippen LogP contribution is 2.41. The monoisotopic (exact) mass is 570 g/mol. The van der Waals surface area contributed by atoms with Gasteiger partial charge in [-0.1, -0.05) is 11.6 Å². The Labute approximate surface area is 219 Å². The lowest BCUT2D eigenvalue weighted by Crippen LogP contribution is -2.21. The van der Waals surface area contributed by atoms with Crippen LogP contribution in [0.5, 0.6) is 0 Å². The van der Waals surface area contributed by atoms with Gasteiger partial charge in [-0.15, -0.1) is 0 Å². The third kappa shape index (κ3) is 4.89. The highest BCUT2D eigenvalue weighted by Gasteiger charge is 2.38. The standard InChI is InChI=1S/C25H14ClF7N4O2/c26-16-2-1-13(27)7-15(16)21-20-17(35-23(38)10-3-12(25(31,32)33)6-14(28)4-10)8-18-11(5-19(29)30)9-34-37(18)22(20)24(39)36-21/h1-4,6-9,19,21H,5H2,(H,35,38)(H,36,39). The Morgan fingerprint density at radius 3 is 2.54 bits per heavy atom. The Kier molecular flexibility index (Phi) is 6.49. The van der Waals surface area contributed by atoms with Crippen molar-refractivity contribution in [3.05, 3.63) is 98.8 Å². The number of amides is 2. The van der Waals surface area contributed by atoms with Gasteiger partial charge in [0.2, 0.25) is 6.43 Å². The third-order valence-corrected chi connectivity index (χ3v) is 6.43. The Morgan fingerprint density at radius 2 is 1.85 bits per heavy atom. The van der Waals surface area contributed by atoms with Crippen LogP contribution in [0.15, 0.2) is 48.7 Å². The molecule has 1 aliphatic rings. The molecule has 3 heterocycles. The number of aromatic nitrogens is 2. The highest BCUT2D eigenvalue weighted by molar-refractivity contribution is 6.31. The van der Waals surface area contributed by atoms with Crippen LogP contribution >= 0.6 is 11.6 Å². The molecule has 0 fully saturated rings. The Bertz CT molecular complexity index is 1650. The summed E-state index contributed by atoms with van der Waals surface area (Å²) in [6.07, 6.45) is -7.39. The van der Waals surface area contributed by atoms with E-state index in [-0.39, 0.29) is 44.7 Å². The van der Waals surface area contributed by atoms with E-state index in [9.17, 15) is 40.3 Å². The minimum absolute atomic E-state index is 0.000659. The van der Waals surface area contributed by atoms with Gasteiger partial charge in [0.1, 0.15) is 17.3 Å². The van der Waals surface area contributed by atoms with Gasteiger partial charge in [-0.3, -0.25) is 9.59 Å². The normalized spacial score (nSPS) is 15.1. The van der Waals surface area contributed by atoms with Crippen molar-refractivity contribution in [1.29, 1.82) is 0 Å². The van der Waals surface area contributed by atoms with Gasteiger partial charge in [0.25, 0.3) is 11.8 Å². The summed E-state index contributed by atoms with van der Waals surface area (Å²) in [6.45, 7) is 0. The molecular formula is C25H14ClF7N4O2. The number of anilines is 1. The van der Waals surface area contributed by atoms with Crippen molar-refractivity contribution >= 4 is 34.6 Å². The summed E-state index contributed by atoms with van der Waals surface area (Å²) in [6, 6.07) is 4.59. The largest absolute Gasteiger partial charge is 0.416 e. The number of fused-ring (bicyclic) bond motifs is 3. The average Bonchev–Trinajstić information content (AvgIpc) is 3.40. The molecule has 2 aromatic heterocycles. The first kappa shape index (κ1) is 26.5. The molecule has 1 aliphatic heterocycles. The number of alkyl halides is 5. The highest BCUT2D eigenvalue weighted by atomic mass is 35.5. The number of nitrogens with zero attached hydrogens (tertiary/aromatic N) is 2. The molecule has 0 saturated heterocycles. The van der Waals surface area contributed by atoms with Gasteiger partial charge in [-0.05, 0) is 42.5 Å². The third-order valence-electron chi connectivity index (χ3n) is 6.08. The maximum absolute atomic E-state index is 14.1. The lowest BCUT2D eigenvalue weighted by Gasteiger charge is -2.18. The molecule has 39 heavy (non-hydrogen) atoms. The summed E-state index contributed by atoms with van der Waals surface area (Å²) in [5, 5.41) is 8.98. The minimum Gasteiger partial charge on any atom is -0.340 e. The number of carbonyl (C=O) groups excluding carboxylic acids is 2. The maximum Gasteiger partial charge on any atom is 0.416 e. The molecule has 0 saturated carbocycles. The van der Waals surface area contributed by atoms with Gasteiger partial charge in [0.15, 0.2) is 0 Å². The van der Waals surface area contributed by atoms with Gasteiger partial charge in [0.05, 0.1) is 29.0 Å². The smallest absolute Gasteiger partial charge is 0.340 e. The van der Waals surface area contributed by atoms with Crippen molar-refractivity contribution in [3.8, 4) is 0 Å². The van der Waals surface area contributed by atoms with Crippen LogP contribution in [0.2, 0.25) is 5.02 Å². The van der Waals surface area contributed by atoms with E-state index in [1.165, 1.54) is 12.1 Å². The van der Waals surface area contributed by atoms with E-state index >= 15 is 0 Å². The molecular weight excluding hydrogens is 557 g/mol. The van der Waals surface area contributed by atoms with Crippen molar-refractivity contribution in [3.63, 3.8) is 0 Å². The van der Waals surface area contributed by atoms with E-state index in [4.69, 9.17) is 11.6 Å². The lowest BCUT2D eigenvalue weighted by molar-refractivity contribution is -0.137. The number of hydrogen-bond donors (Lipinski definition) is 2. The van der Waals surface area contributed by atoms with Crippen LogP contribution in [0.1, 0.15) is 49.1 Å². The Balaban J connectivity index is 1.70. The molecule has 1 unspecified atom stereocenters. The quantitative estimate of drug-likeness (QED) is 0.282. The van der Waals surface area contributed by atoms with Gasteiger partial charge in [-0.2, -0.15) is 18.3 Å². The van der Waals surface area contributed by atoms with Gasteiger partial charge >= 0.3 is 6.18 Å². The van der Waals surface area contributed by atoms with Crippen molar-refractivity contribution < 1.29 is 40.3 Å². The van der Waals surface area contributed by atoms with E-state index in [0.29, 0.717) is 12.1 Å². The molecule has 0 aliphatic carbocycles. The SMILES string of the molecule is O=C(Nc1cc2c(CC(F)F)cnn2c2c1C(c1cc(F)ccc1Cl)NC2=O)c1cc(F)cc(C(F)(F)F)c1. The molecule has 2 aromatic carbocycles. The fourth-order valence-corrected chi connectivity index (χ4v) is 4.66. The van der Waals surface area contributed by atoms with Crippen LogP contribution in [0.3, 0.4) is 0 Å². The molecule has 0 spiro atoms. The lowest BCUT2D eigenvalue weighted by atomic mass is 9.97. The predicted molar refractivity (Wildman–Crippen MR) is 125 cm³/mol. The van der Waals surface area contributed by atoms with Crippen molar-refractivity contribution in [2.24, 2.45) is 0 Å². The van der Waals surface area contributed by atoms with E-state index in [0.717, 1.165) is 22.8 Å². The summed E-state index contributed by atoms with van der Waals surface area (Å²) in [4.78, 5) is 26.1. The van der Waals surface area contributed by atoms with Crippen molar-refractivity contribution in [1.82, 2.24) is 14.9 Å². The molecule has 0 bridgehead atoms. The van der Waals surface area contributed by atoms with E-state index in [1.54, 1.807) is 0 Å². The van der Waals surface area contributed by atoms with Crippen LogP contribution < -0.4 is 10.6 Å². The molecule has 6 nitrogen and oxygen atoms in total. The summed E-state index contributed by atoms with van der Waals surface area (Å²) >= 11 is 6.24. The van der Waals surface area contributed by atoms with Crippen molar-refractivity contribution in [2.75, 3.05) is 5.32 Å². The Morgan fingerprint density at radius 1 is 1.10 bits per heavy atom. The second kappa shape index (κ2) is 9.56. The van der Waals surface area contributed by atoms with Crippen molar-refractivity contribution in [2.45, 2.75) is 25.1 Å². The average molecular weight is 571 g/mol. The number of pyridine rings is 1. The molecule has 4 aromatic rings. The minimum atomic E-state index is -4.95. The zero-order valence-electron chi connectivity index (χ0n) is 19.2. The van der Waals surface area contributed by atoms with Crippen LogP contribution in [0.4, 0.5) is 36.4 Å². The van der Waals surface area contributed by atoms with E-state index < -0.39 is 59.6 Å². The van der Waals surface area contributed by atoms with Gasteiger partial charge in [0, 0.05) is 33.7 Å². The number of benzene rings is 2. The fraction of sp³-hybridized carbons (Fsp3) is 0.160. The van der Waals surface area contributed by atoms with Crippen LogP contribution in [0.25, 0.3) is 5.52 Å². The first-order valence-corrected chi connectivity index (χ1v) is 11.5. The summed E-state index contributed by atoms with van der Waals surface area (Å²) in [5.74, 6) is -3.99. The number of nitrogens with one attached hydrogen (secondary N) is 2. The first-order chi connectivity index (χ1) is 18.3. The summed E-state index contributed by atoms with van der Waals surface area (Å²) in [7, 11) is 0. The van der Waals surface area contributed by atoms with Crippen LogP contribution in [-0.2, 0) is 12.6 Å². The second-order valence-electron chi connectivity index (χ2n) is 8.64. The fourth-order valence-electron chi connectivity index (χ4n) is 4.44. The number of hydrogen-bond acceptors (Lipinski definition) is 3. The predicted octanol–water partition coefficient (Wildman–Crippen LogP) is 6.18. The van der Waals surface area contributed by atoms with Crippen LogP contribution in [-0.4, -0.2) is 27.9 Å². The molecule has 14 heteroatoms. The zero-order valence-corrected chi connectivity index (χ0v) is 20.0. The van der Waals surface area contributed by atoms with Gasteiger partial charge < -0.3 is 10.6 Å². The summed E-state index contributed by atoms with van der Waals surface area (Å²) < 4.78 is 95.1. The number of rotatable bonds is 5. The summed E-state index contributed by atoms with van der Waals surface area (Å²) in [5.41, 5.74) is -2.44. The number of halogens is 8. The molecule has 2 N–H and O–H groups in total. The van der Waals surface area contributed by atoms with E-state index in [2.05, 4.69) is 15.7 Å². The molecule has 202 valence electrons. The van der Waals surface area contributed by atoms with Gasteiger partial charge in [-0.25, -0.2) is 22.1 Å². The van der Waals surface area contributed by atoms with E-state index in [1.807, 2.05) is 0 Å². The number of carbonyl (C=O) groups is 2. The molecule has 1 atom stereocenters. The maximum atomic E-state index is 14.1. The Hall–Kier alpha value is -4.13. The molecule has 2 amide bonds. The topological polar surface area (TPSA) is 75.5 Å². The van der Waals surface area contributed by atoms with Crippen LogP contribution in [0, 0.1) is 11.6 Å². The first-order valence-electron chi connectivity index (χ1n) is 11.1.